The van der Waals surface area contributed by atoms with E-state index >= 15 is 0 Å². The summed E-state index contributed by atoms with van der Waals surface area (Å²) in [4.78, 5) is 10.9. The lowest BCUT2D eigenvalue weighted by Gasteiger charge is -2.17. The summed E-state index contributed by atoms with van der Waals surface area (Å²) in [6.07, 6.45) is 0. The number of likely N-dealkylation sites (N-methyl/N-ethyl adjacent to an activating group) is 1. The Labute approximate surface area is 99.3 Å². The van der Waals surface area contributed by atoms with E-state index in [1.165, 1.54) is 7.05 Å². The van der Waals surface area contributed by atoms with Gasteiger partial charge in [0.05, 0.1) is 12.2 Å². The van der Waals surface area contributed by atoms with Crippen molar-refractivity contribution in [3.8, 4) is 0 Å². The highest BCUT2D eigenvalue weighted by Crippen LogP contribution is 2.27. The molecular weight excluding hydrogens is 244 g/mol. The summed E-state index contributed by atoms with van der Waals surface area (Å²) in [6, 6.07) is 7.41. The van der Waals surface area contributed by atoms with E-state index in [1.807, 2.05) is 0 Å². The topological polar surface area (TPSA) is 77.9 Å². The molecule has 0 bridgehead atoms. The molecule has 1 heterocycles. The molecule has 1 aromatic carbocycles. The van der Waals surface area contributed by atoms with Crippen molar-refractivity contribution >= 4 is 21.9 Å². The fourth-order valence-corrected chi connectivity index (χ4v) is 3.26. The third kappa shape index (κ3) is 1.87. The van der Waals surface area contributed by atoms with E-state index < -0.39 is 22.2 Å². The second-order valence-corrected chi connectivity index (χ2v) is 5.66. The second-order valence-electron chi connectivity index (χ2n) is 3.74. The minimum absolute atomic E-state index is 0.0713. The van der Waals surface area contributed by atoms with Crippen LogP contribution in [-0.2, 0) is 15.0 Å². The van der Waals surface area contributed by atoms with Gasteiger partial charge in [0, 0.05) is 7.05 Å². The molecule has 92 valence electrons. The third-order valence-electron chi connectivity index (χ3n) is 2.75. The molecular formula is C10H12N2O4S. The lowest BCUT2D eigenvalue weighted by atomic mass is 10.2. The van der Waals surface area contributed by atoms with Crippen molar-refractivity contribution in [2.24, 2.45) is 0 Å². The largest absolute Gasteiger partial charge is 0.480 e. The molecule has 1 N–H and O–H groups in total. The lowest BCUT2D eigenvalue weighted by molar-refractivity contribution is -0.140. The Balaban J connectivity index is 2.41. The third-order valence-corrected chi connectivity index (χ3v) is 4.65. The van der Waals surface area contributed by atoms with E-state index in [1.54, 1.807) is 30.3 Å². The van der Waals surface area contributed by atoms with Crippen molar-refractivity contribution in [1.29, 1.82) is 0 Å². The number of carboxylic acid groups (broad SMARTS) is 1. The maximum atomic E-state index is 12.0. The van der Waals surface area contributed by atoms with Crippen LogP contribution in [0.3, 0.4) is 0 Å². The van der Waals surface area contributed by atoms with Crippen LogP contribution >= 0.6 is 0 Å². The molecule has 1 saturated heterocycles. The molecule has 6 nitrogen and oxygen atoms in total. The van der Waals surface area contributed by atoms with Gasteiger partial charge in [0.2, 0.25) is 0 Å². The first-order chi connectivity index (χ1) is 7.94. The molecule has 2 rings (SSSR count). The van der Waals surface area contributed by atoms with E-state index in [2.05, 4.69) is 0 Å². The average Bonchev–Trinajstić information content (AvgIpc) is 2.52. The lowest BCUT2D eigenvalue weighted by Crippen LogP contribution is -2.36. The monoisotopic (exact) mass is 256 g/mol. The van der Waals surface area contributed by atoms with Crippen LogP contribution in [0.15, 0.2) is 30.3 Å². The molecule has 0 amide bonds. The molecule has 0 spiro atoms. The van der Waals surface area contributed by atoms with Crippen molar-refractivity contribution in [2.45, 2.75) is 6.04 Å². The van der Waals surface area contributed by atoms with Gasteiger partial charge in [-0.2, -0.15) is 12.7 Å². The second kappa shape index (κ2) is 4.01. The van der Waals surface area contributed by atoms with E-state index in [-0.39, 0.29) is 6.54 Å². The van der Waals surface area contributed by atoms with Crippen LogP contribution < -0.4 is 4.31 Å². The summed E-state index contributed by atoms with van der Waals surface area (Å²) in [5.41, 5.74) is 0.475. The molecule has 7 heteroatoms. The van der Waals surface area contributed by atoms with E-state index in [0.717, 1.165) is 8.61 Å². The molecule has 1 aliphatic heterocycles. The van der Waals surface area contributed by atoms with E-state index in [0.29, 0.717) is 5.69 Å². The number of carboxylic acids is 1. The van der Waals surface area contributed by atoms with Crippen LogP contribution in [-0.4, -0.2) is 43.4 Å². The number of rotatable bonds is 2. The van der Waals surface area contributed by atoms with Crippen molar-refractivity contribution in [3.63, 3.8) is 0 Å². The van der Waals surface area contributed by atoms with Crippen LogP contribution in [0.2, 0.25) is 0 Å². The van der Waals surface area contributed by atoms with Crippen molar-refractivity contribution < 1.29 is 18.3 Å². The highest BCUT2D eigenvalue weighted by molar-refractivity contribution is 7.90. The number of hydrogen-bond acceptors (Lipinski definition) is 3. The van der Waals surface area contributed by atoms with Crippen LogP contribution in [0.5, 0.6) is 0 Å². The fraction of sp³-hybridized carbons (Fsp3) is 0.300. The summed E-state index contributed by atoms with van der Waals surface area (Å²) < 4.78 is 26.0. The smallest absolute Gasteiger partial charge is 0.323 e. The van der Waals surface area contributed by atoms with Crippen molar-refractivity contribution in [3.05, 3.63) is 30.3 Å². The van der Waals surface area contributed by atoms with Gasteiger partial charge in [-0.15, -0.1) is 0 Å². The Morgan fingerprint density at radius 1 is 1.35 bits per heavy atom. The molecule has 1 aliphatic rings. The predicted molar refractivity (Wildman–Crippen MR) is 61.9 cm³/mol. The first kappa shape index (κ1) is 11.9. The van der Waals surface area contributed by atoms with Gasteiger partial charge >= 0.3 is 16.2 Å². The van der Waals surface area contributed by atoms with Gasteiger partial charge < -0.3 is 5.11 Å². The zero-order chi connectivity index (χ0) is 12.6. The molecule has 0 saturated carbocycles. The quantitative estimate of drug-likeness (QED) is 0.816. The minimum atomic E-state index is -3.73. The van der Waals surface area contributed by atoms with Crippen LogP contribution in [0.4, 0.5) is 5.69 Å². The van der Waals surface area contributed by atoms with Crippen LogP contribution in [0.25, 0.3) is 0 Å². The highest BCUT2D eigenvalue weighted by atomic mass is 32.2. The van der Waals surface area contributed by atoms with E-state index in [4.69, 9.17) is 5.11 Å². The molecule has 0 aromatic heterocycles. The predicted octanol–water partition coefficient (Wildman–Crippen LogP) is 0.136. The first-order valence-electron chi connectivity index (χ1n) is 4.98. The minimum Gasteiger partial charge on any atom is -0.480 e. The van der Waals surface area contributed by atoms with Gasteiger partial charge in [-0.3, -0.25) is 9.10 Å². The van der Waals surface area contributed by atoms with E-state index in [9.17, 15) is 13.2 Å². The fourth-order valence-electron chi connectivity index (χ4n) is 1.75. The number of nitrogens with zero attached hydrogens (tertiary/aromatic N) is 2. The SMILES string of the molecule is CN1C(C(=O)O)CN(c2ccccc2)S1(=O)=O. The van der Waals surface area contributed by atoms with Crippen LogP contribution in [0.1, 0.15) is 0 Å². The Morgan fingerprint density at radius 3 is 2.41 bits per heavy atom. The standard InChI is InChI=1S/C10H12N2O4S/c1-11-9(10(13)14)7-12(17(11,15)16)8-5-3-2-4-6-8/h2-6,9H,7H2,1H3,(H,13,14). The number of aliphatic carboxylic acids is 1. The van der Waals surface area contributed by atoms with Crippen LogP contribution in [0, 0.1) is 0 Å². The first-order valence-corrected chi connectivity index (χ1v) is 6.38. The zero-order valence-electron chi connectivity index (χ0n) is 9.15. The zero-order valence-corrected chi connectivity index (χ0v) is 9.96. The molecule has 1 unspecified atom stereocenters. The van der Waals surface area contributed by atoms with Gasteiger partial charge in [-0.1, -0.05) is 18.2 Å². The highest BCUT2D eigenvalue weighted by Gasteiger charge is 2.45. The van der Waals surface area contributed by atoms with Crippen molar-refractivity contribution in [2.75, 3.05) is 17.9 Å². The van der Waals surface area contributed by atoms with Gasteiger partial charge in [-0.25, -0.2) is 0 Å². The Kier molecular flexibility index (Phi) is 2.80. The Morgan fingerprint density at radius 2 is 1.94 bits per heavy atom. The molecule has 0 aliphatic carbocycles. The number of hydrogen-bond donors (Lipinski definition) is 1. The number of para-hydroxylation sites is 1. The number of benzene rings is 1. The molecule has 1 fully saturated rings. The normalized spacial score (nSPS) is 23.8. The van der Waals surface area contributed by atoms with Gasteiger partial charge in [0.1, 0.15) is 6.04 Å². The van der Waals surface area contributed by atoms with Gasteiger partial charge in [0.15, 0.2) is 0 Å². The maximum Gasteiger partial charge on any atom is 0.323 e. The molecule has 0 radical (unpaired) electrons. The Hall–Kier alpha value is -1.60. The van der Waals surface area contributed by atoms with Crippen molar-refractivity contribution in [1.82, 2.24) is 4.31 Å². The summed E-state index contributed by atoms with van der Waals surface area (Å²) in [5.74, 6) is -1.14. The Bertz CT molecular complexity index is 528. The van der Waals surface area contributed by atoms with Gasteiger partial charge in [0.25, 0.3) is 0 Å². The number of anilines is 1. The number of carbonyl (C=O) groups is 1. The summed E-state index contributed by atoms with van der Waals surface area (Å²) in [7, 11) is -2.45. The van der Waals surface area contributed by atoms with Gasteiger partial charge in [-0.05, 0) is 12.1 Å². The molecule has 1 aromatic rings. The molecule has 1 atom stereocenters. The average molecular weight is 256 g/mol. The maximum absolute atomic E-state index is 12.0. The summed E-state index contributed by atoms with van der Waals surface area (Å²) in [6.45, 7) is -0.0713. The molecule has 17 heavy (non-hydrogen) atoms. The summed E-state index contributed by atoms with van der Waals surface area (Å²) >= 11 is 0. The summed E-state index contributed by atoms with van der Waals surface area (Å²) in [5, 5.41) is 8.95.